The van der Waals surface area contributed by atoms with Gasteiger partial charge in [-0.25, -0.2) is 0 Å². The standard InChI is InChI=1S/C8H19N3/c1-3-4-5-11-7-6-10(2)8(11)9/h8H,3-7,9H2,1-2H3. The second kappa shape index (κ2) is 4.04. The molecule has 1 unspecified atom stereocenters. The summed E-state index contributed by atoms with van der Waals surface area (Å²) >= 11 is 0. The zero-order valence-electron chi connectivity index (χ0n) is 7.58. The van der Waals surface area contributed by atoms with Gasteiger partial charge in [0.1, 0.15) is 6.29 Å². The molecule has 0 aromatic carbocycles. The lowest BCUT2D eigenvalue weighted by molar-refractivity contribution is 0.163. The lowest BCUT2D eigenvalue weighted by atomic mass is 10.3. The van der Waals surface area contributed by atoms with Gasteiger partial charge in [0.2, 0.25) is 0 Å². The second-order valence-electron chi connectivity index (χ2n) is 3.28. The van der Waals surface area contributed by atoms with Crippen molar-refractivity contribution in [1.29, 1.82) is 0 Å². The quantitative estimate of drug-likeness (QED) is 0.638. The molecule has 1 rings (SSSR count). The number of nitrogens with two attached hydrogens (primary N) is 1. The zero-order chi connectivity index (χ0) is 8.27. The topological polar surface area (TPSA) is 32.5 Å². The SMILES string of the molecule is CCCCN1CCN(C)C1N. The number of rotatable bonds is 3. The average molecular weight is 157 g/mol. The molecule has 3 nitrogen and oxygen atoms in total. The molecule has 11 heavy (non-hydrogen) atoms. The van der Waals surface area contributed by atoms with Crippen LogP contribution in [0.15, 0.2) is 0 Å². The van der Waals surface area contributed by atoms with E-state index in [0.29, 0.717) is 0 Å². The Kier molecular flexibility index (Phi) is 3.30. The van der Waals surface area contributed by atoms with Crippen LogP contribution in [0.3, 0.4) is 0 Å². The maximum absolute atomic E-state index is 5.92. The molecule has 0 bridgehead atoms. The van der Waals surface area contributed by atoms with Crippen molar-refractivity contribution in [3.63, 3.8) is 0 Å². The Morgan fingerprint density at radius 3 is 2.64 bits per heavy atom. The van der Waals surface area contributed by atoms with Gasteiger partial charge in [0.05, 0.1) is 0 Å². The van der Waals surface area contributed by atoms with Gasteiger partial charge in [-0.05, 0) is 13.5 Å². The number of hydrogen-bond donors (Lipinski definition) is 1. The fourth-order valence-electron chi connectivity index (χ4n) is 1.43. The first-order valence-corrected chi connectivity index (χ1v) is 4.45. The van der Waals surface area contributed by atoms with Crippen LogP contribution in [0.1, 0.15) is 19.8 Å². The highest BCUT2D eigenvalue weighted by Crippen LogP contribution is 2.07. The fraction of sp³-hybridized carbons (Fsp3) is 1.00. The fourth-order valence-corrected chi connectivity index (χ4v) is 1.43. The van der Waals surface area contributed by atoms with E-state index in [1.165, 1.54) is 12.8 Å². The van der Waals surface area contributed by atoms with Gasteiger partial charge in [0.25, 0.3) is 0 Å². The number of unbranched alkanes of at least 4 members (excludes halogenated alkanes) is 1. The van der Waals surface area contributed by atoms with Crippen molar-refractivity contribution in [2.24, 2.45) is 5.73 Å². The minimum absolute atomic E-state index is 0.168. The van der Waals surface area contributed by atoms with E-state index in [0.717, 1.165) is 19.6 Å². The van der Waals surface area contributed by atoms with Crippen LogP contribution in [0, 0.1) is 0 Å². The summed E-state index contributed by atoms with van der Waals surface area (Å²) in [5, 5.41) is 0. The molecule has 1 fully saturated rings. The average Bonchev–Trinajstić information content (AvgIpc) is 2.31. The molecule has 0 aliphatic carbocycles. The first kappa shape index (κ1) is 8.97. The summed E-state index contributed by atoms with van der Waals surface area (Å²) in [6.07, 6.45) is 2.69. The zero-order valence-corrected chi connectivity index (χ0v) is 7.58. The van der Waals surface area contributed by atoms with Gasteiger partial charge < -0.3 is 5.73 Å². The normalized spacial score (nSPS) is 28.1. The van der Waals surface area contributed by atoms with E-state index < -0.39 is 0 Å². The molecular weight excluding hydrogens is 138 g/mol. The summed E-state index contributed by atoms with van der Waals surface area (Å²) in [5.74, 6) is 0. The molecule has 1 heterocycles. The third kappa shape index (κ3) is 2.15. The summed E-state index contributed by atoms with van der Waals surface area (Å²) < 4.78 is 0. The van der Waals surface area contributed by atoms with E-state index in [1.807, 2.05) is 0 Å². The molecule has 1 saturated heterocycles. The van der Waals surface area contributed by atoms with Crippen molar-refractivity contribution < 1.29 is 0 Å². The molecule has 0 saturated carbocycles. The van der Waals surface area contributed by atoms with Crippen LogP contribution in [0.2, 0.25) is 0 Å². The molecule has 3 heteroatoms. The summed E-state index contributed by atoms with van der Waals surface area (Å²) in [4.78, 5) is 4.53. The molecule has 66 valence electrons. The highest BCUT2D eigenvalue weighted by Gasteiger charge is 2.24. The minimum Gasteiger partial charge on any atom is -0.303 e. The lowest BCUT2D eigenvalue weighted by Gasteiger charge is -2.23. The van der Waals surface area contributed by atoms with E-state index in [1.54, 1.807) is 0 Å². The predicted molar refractivity (Wildman–Crippen MR) is 47.1 cm³/mol. The lowest BCUT2D eigenvalue weighted by Crippen LogP contribution is -2.44. The summed E-state index contributed by atoms with van der Waals surface area (Å²) in [5.41, 5.74) is 5.92. The molecule has 0 radical (unpaired) electrons. The second-order valence-corrected chi connectivity index (χ2v) is 3.28. The van der Waals surface area contributed by atoms with Crippen molar-refractivity contribution in [3.8, 4) is 0 Å². The van der Waals surface area contributed by atoms with E-state index in [4.69, 9.17) is 5.73 Å². The molecular formula is C8H19N3. The molecule has 1 aliphatic rings. The molecule has 2 N–H and O–H groups in total. The van der Waals surface area contributed by atoms with Crippen LogP contribution in [0.25, 0.3) is 0 Å². The number of hydrogen-bond acceptors (Lipinski definition) is 3. The van der Waals surface area contributed by atoms with Crippen molar-refractivity contribution in [2.75, 3.05) is 26.7 Å². The largest absolute Gasteiger partial charge is 0.303 e. The third-order valence-electron chi connectivity index (χ3n) is 2.36. The molecule has 0 amide bonds. The highest BCUT2D eigenvalue weighted by atomic mass is 15.5. The van der Waals surface area contributed by atoms with E-state index in [-0.39, 0.29) is 6.29 Å². The monoisotopic (exact) mass is 157 g/mol. The van der Waals surface area contributed by atoms with E-state index in [9.17, 15) is 0 Å². The summed E-state index contributed by atoms with van der Waals surface area (Å²) in [6.45, 7) is 5.62. The maximum atomic E-state index is 5.92. The van der Waals surface area contributed by atoms with Gasteiger partial charge in [-0.1, -0.05) is 13.3 Å². The number of nitrogens with zero attached hydrogens (tertiary/aromatic N) is 2. The van der Waals surface area contributed by atoms with Gasteiger partial charge in [0.15, 0.2) is 0 Å². The van der Waals surface area contributed by atoms with Gasteiger partial charge in [0, 0.05) is 19.6 Å². The Morgan fingerprint density at radius 1 is 1.45 bits per heavy atom. The van der Waals surface area contributed by atoms with Crippen LogP contribution in [-0.4, -0.2) is 42.8 Å². The van der Waals surface area contributed by atoms with Gasteiger partial charge in [-0.15, -0.1) is 0 Å². The van der Waals surface area contributed by atoms with Crippen molar-refractivity contribution in [3.05, 3.63) is 0 Å². The van der Waals surface area contributed by atoms with Crippen LogP contribution in [-0.2, 0) is 0 Å². The molecule has 0 spiro atoms. The van der Waals surface area contributed by atoms with Crippen molar-refractivity contribution in [2.45, 2.75) is 26.1 Å². The molecule has 0 aromatic rings. The van der Waals surface area contributed by atoms with Gasteiger partial charge >= 0.3 is 0 Å². The van der Waals surface area contributed by atoms with Crippen LogP contribution >= 0.6 is 0 Å². The summed E-state index contributed by atoms with van der Waals surface area (Å²) in [6, 6.07) is 0. The highest BCUT2D eigenvalue weighted by molar-refractivity contribution is 4.74. The Bertz CT molecular complexity index is 116. The van der Waals surface area contributed by atoms with Crippen molar-refractivity contribution in [1.82, 2.24) is 9.80 Å². The Hall–Kier alpha value is -0.120. The Labute approximate surface area is 69.1 Å². The van der Waals surface area contributed by atoms with Crippen LogP contribution in [0.5, 0.6) is 0 Å². The van der Waals surface area contributed by atoms with E-state index >= 15 is 0 Å². The van der Waals surface area contributed by atoms with Crippen molar-refractivity contribution >= 4 is 0 Å². The van der Waals surface area contributed by atoms with Crippen LogP contribution < -0.4 is 5.73 Å². The molecule has 1 atom stereocenters. The van der Waals surface area contributed by atoms with Gasteiger partial charge in [-0.2, -0.15) is 0 Å². The Morgan fingerprint density at radius 2 is 2.18 bits per heavy atom. The Balaban J connectivity index is 2.24. The molecule has 1 aliphatic heterocycles. The third-order valence-corrected chi connectivity index (χ3v) is 2.36. The number of likely N-dealkylation sites (N-methyl/N-ethyl adjacent to an activating group) is 1. The minimum atomic E-state index is 0.168. The van der Waals surface area contributed by atoms with Gasteiger partial charge in [-0.3, -0.25) is 9.80 Å². The maximum Gasteiger partial charge on any atom is 0.114 e. The first-order chi connectivity index (χ1) is 5.25. The molecule has 0 aromatic heterocycles. The summed E-state index contributed by atoms with van der Waals surface area (Å²) in [7, 11) is 2.08. The predicted octanol–water partition coefficient (Wildman–Crippen LogP) is 0.276. The first-order valence-electron chi connectivity index (χ1n) is 4.45. The van der Waals surface area contributed by atoms with E-state index in [2.05, 4.69) is 23.8 Å². The van der Waals surface area contributed by atoms with Crippen LogP contribution in [0.4, 0.5) is 0 Å². The smallest absolute Gasteiger partial charge is 0.114 e.